The molecule has 204 valence electrons. The smallest absolute Gasteiger partial charge is 0.233 e. The molecule has 9 nitrogen and oxygen atoms in total. The number of hydrogen-bond donors (Lipinski definition) is 1. The molecule has 4 heterocycles. The van der Waals surface area contributed by atoms with Crippen molar-refractivity contribution in [3.05, 3.63) is 36.3 Å². The predicted octanol–water partition coefficient (Wildman–Crippen LogP) is 4.48. The minimum absolute atomic E-state index is 0.118. The number of rotatable bonds is 7. The minimum atomic E-state index is -3.02. The van der Waals surface area contributed by atoms with Crippen LogP contribution in [0.4, 0.5) is 27.8 Å². The van der Waals surface area contributed by atoms with Crippen LogP contribution in [-0.4, -0.2) is 71.7 Å². The zero-order valence-electron chi connectivity index (χ0n) is 22.6. The molecule has 0 bridgehead atoms. The van der Waals surface area contributed by atoms with Crippen molar-refractivity contribution >= 4 is 44.0 Å². The van der Waals surface area contributed by atoms with Crippen molar-refractivity contribution in [2.24, 2.45) is 5.92 Å². The highest BCUT2D eigenvalue weighted by molar-refractivity contribution is 7.90. The van der Waals surface area contributed by atoms with Crippen LogP contribution in [-0.2, 0) is 9.84 Å². The first-order valence-corrected chi connectivity index (χ1v) is 15.2. The summed E-state index contributed by atoms with van der Waals surface area (Å²) in [4.78, 5) is 21.9. The second-order valence-corrected chi connectivity index (χ2v) is 13.5. The third-order valence-electron chi connectivity index (χ3n) is 7.69. The molecule has 3 aromatic rings. The van der Waals surface area contributed by atoms with Crippen molar-refractivity contribution in [3.8, 4) is 0 Å². The lowest BCUT2D eigenvalue weighted by atomic mass is 9.88. The molecule has 2 saturated heterocycles. The van der Waals surface area contributed by atoms with Crippen molar-refractivity contribution in [1.82, 2.24) is 19.9 Å². The molecule has 2 aromatic heterocycles. The van der Waals surface area contributed by atoms with Crippen LogP contribution in [0.1, 0.15) is 52.0 Å². The summed E-state index contributed by atoms with van der Waals surface area (Å²) in [6, 6.07) is 6.40. The molecule has 0 unspecified atom stereocenters. The Balaban J connectivity index is 1.42. The van der Waals surface area contributed by atoms with Gasteiger partial charge in [-0.3, -0.25) is 0 Å². The van der Waals surface area contributed by atoms with Crippen LogP contribution in [0.15, 0.2) is 30.7 Å². The number of fused-ring (bicyclic) bond motifs is 1. The second kappa shape index (κ2) is 9.91. The van der Waals surface area contributed by atoms with Gasteiger partial charge < -0.3 is 15.1 Å². The topological polar surface area (TPSA) is 104 Å². The summed E-state index contributed by atoms with van der Waals surface area (Å²) in [5.41, 5.74) is 0.992. The molecule has 11 heteroatoms. The number of hydrogen-bond acceptors (Lipinski definition) is 9. The number of nitrogens with zero attached hydrogens (tertiary/aromatic N) is 6. The van der Waals surface area contributed by atoms with Crippen LogP contribution in [0.25, 0.3) is 10.8 Å². The number of piperidine rings is 1. The Morgan fingerprint density at radius 1 is 1.21 bits per heavy atom. The molecule has 1 aromatic carbocycles. The van der Waals surface area contributed by atoms with Gasteiger partial charge in [-0.1, -0.05) is 19.9 Å². The number of pyridine rings is 1. The highest BCUT2D eigenvalue weighted by Gasteiger charge is 2.38. The van der Waals surface area contributed by atoms with Crippen molar-refractivity contribution in [2.45, 2.75) is 58.2 Å². The Bertz CT molecular complexity index is 1450. The van der Waals surface area contributed by atoms with Gasteiger partial charge in [-0.05, 0) is 55.7 Å². The standard InChI is InChI=1S/C27H36FN7O2S/c1-17(2)20-7-8-23(35-13-19(18(35)3)14-38(5,36)37)22-12-29-24(11-21(20)22)32-25-30-16-31-26(33-25)34-10-6-9-27(4,28)15-34/h7-8,11-12,16-19H,6,9-10,13-15H2,1-5H3,(H,29,30,31,32,33)/t18-,19-,27+/m1/s1. The Morgan fingerprint density at radius 3 is 2.68 bits per heavy atom. The Morgan fingerprint density at radius 2 is 2.00 bits per heavy atom. The van der Waals surface area contributed by atoms with E-state index >= 15 is 0 Å². The maximum absolute atomic E-state index is 14.6. The first-order valence-electron chi connectivity index (χ1n) is 13.2. The van der Waals surface area contributed by atoms with E-state index in [1.807, 2.05) is 17.2 Å². The maximum atomic E-state index is 14.6. The van der Waals surface area contributed by atoms with Gasteiger partial charge in [0, 0.05) is 48.6 Å². The van der Waals surface area contributed by atoms with Gasteiger partial charge in [0.25, 0.3) is 0 Å². The third kappa shape index (κ3) is 5.52. The van der Waals surface area contributed by atoms with Crippen LogP contribution >= 0.6 is 0 Å². The van der Waals surface area contributed by atoms with E-state index in [0.29, 0.717) is 43.1 Å². The first-order chi connectivity index (χ1) is 17.9. The van der Waals surface area contributed by atoms with E-state index in [4.69, 9.17) is 0 Å². The van der Waals surface area contributed by atoms with Crippen LogP contribution in [0.5, 0.6) is 0 Å². The van der Waals surface area contributed by atoms with Crippen LogP contribution in [0.2, 0.25) is 0 Å². The SMILES string of the molecule is CC(C)c1ccc(N2C[C@H](CS(C)(=O)=O)[C@H]2C)c2cnc(Nc3ncnc(N4CCC[C@](C)(F)C4)n3)cc12. The summed E-state index contributed by atoms with van der Waals surface area (Å²) < 4.78 is 38.2. The molecule has 38 heavy (non-hydrogen) atoms. The summed E-state index contributed by atoms with van der Waals surface area (Å²) >= 11 is 0. The van der Waals surface area contributed by atoms with Gasteiger partial charge in [-0.15, -0.1) is 0 Å². The summed E-state index contributed by atoms with van der Waals surface area (Å²) in [5, 5.41) is 5.31. The lowest BCUT2D eigenvalue weighted by Gasteiger charge is -2.48. The van der Waals surface area contributed by atoms with E-state index < -0.39 is 15.5 Å². The molecule has 0 amide bonds. The Kier molecular flexibility index (Phi) is 6.91. The molecule has 5 rings (SSSR count). The number of aromatic nitrogens is 4. The summed E-state index contributed by atoms with van der Waals surface area (Å²) in [5.74, 6) is 2.03. The van der Waals surface area contributed by atoms with Crippen LogP contribution in [0.3, 0.4) is 0 Å². The number of nitrogens with one attached hydrogen (secondary N) is 1. The molecule has 0 saturated carbocycles. The van der Waals surface area contributed by atoms with E-state index in [1.165, 1.54) is 18.1 Å². The van der Waals surface area contributed by atoms with E-state index in [9.17, 15) is 12.8 Å². The van der Waals surface area contributed by atoms with Crippen molar-refractivity contribution in [2.75, 3.05) is 46.8 Å². The fourth-order valence-electron chi connectivity index (χ4n) is 5.64. The molecular formula is C27H36FN7O2S. The molecule has 0 aliphatic carbocycles. The predicted molar refractivity (Wildman–Crippen MR) is 150 cm³/mol. The minimum Gasteiger partial charge on any atom is -0.368 e. The van der Waals surface area contributed by atoms with E-state index in [2.05, 4.69) is 63.1 Å². The zero-order chi connectivity index (χ0) is 27.2. The largest absolute Gasteiger partial charge is 0.368 e. The monoisotopic (exact) mass is 541 g/mol. The van der Waals surface area contributed by atoms with Gasteiger partial charge in [0.15, 0.2) is 0 Å². The highest BCUT2D eigenvalue weighted by atomic mass is 32.2. The molecular weight excluding hydrogens is 505 g/mol. The third-order valence-corrected chi connectivity index (χ3v) is 8.73. The fraction of sp³-hybridized carbons (Fsp3) is 0.556. The van der Waals surface area contributed by atoms with Crippen molar-refractivity contribution < 1.29 is 12.8 Å². The van der Waals surface area contributed by atoms with E-state index in [1.54, 1.807) is 6.92 Å². The van der Waals surface area contributed by atoms with Gasteiger partial charge >= 0.3 is 0 Å². The van der Waals surface area contributed by atoms with E-state index in [0.717, 1.165) is 22.9 Å². The Labute approximate surface area is 223 Å². The number of alkyl halides is 1. The second-order valence-electron chi connectivity index (χ2n) is 11.4. The summed E-state index contributed by atoms with van der Waals surface area (Å²) in [6.45, 7) is 9.68. The molecule has 2 fully saturated rings. The molecule has 2 aliphatic heterocycles. The Hall–Kier alpha value is -3.08. The van der Waals surface area contributed by atoms with Crippen molar-refractivity contribution in [1.29, 1.82) is 0 Å². The summed E-state index contributed by atoms with van der Waals surface area (Å²) in [7, 11) is -3.02. The summed E-state index contributed by atoms with van der Waals surface area (Å²) in [6.07, 6.45) is 5.88. The maximum Gasteiger partial charge on any atom is 0.233 e. The number of anilines is 4. The average molecular weight is 542 g/mol. The lowest BCUT2D eigenvalue weighted by molar-refractivity contribution is 0.159. The zero-order valence-corrected chi connectivity index (χ0v) is 23.5. The fourth-order valence-corrected chi connectivity index (χ4v) is 6.80. The quantitative estimate of drug-likeness (QED) is 0.463. The van der Waals surface area contributed by atoms with Crippen LogP contribution < -0.4 is 15.1 Å². The van der Waals surface area contributed by atoms with Gasteiger partial charge in [0.2, 0.25) is 11.9 Å². The average Bonchev–Trinajstić information content (AvgIpc) is 2.84. The van der Waals surface area contributed by atoms with Crippen molar-refractivity contribution in [3.63, 3.8) is 0 Å². The van der Waals surface area contributed by atoms with Crippen LogP contribution in [0, 0.1) is 5.92 Å². The number of benzene rings is 1. The molecule has 1 N–H and O–H groups in total. The highest BCUT2D eigenvalue weighted by Crippen LogP contribution is 2.39. The van der Waals surface area contributed by atoms with Gasteiger partial charge in [0.05, 0.1) is 12.3 Å². The molecule has 2 aliphatic rings. The first kappa shape index (κ1) is 26.5. The molecule has 0 spiro atoms. The number of halogens is 1. The van der Waals surface area contributed by atoms with E-state index in [-0.39, 0.29) is 24.3 Å². The van der Waals surface area contributed by atoms with Gasteiger partial charge in [-0.25, -0.2) is 27.8 Å². The lowest BCUT2D eigenvalue weighted by Crippen LogP contribution is -2.57. The van der Waals surface area contributed by atoms with Gasteiger partial charge in [0.1, 0.15) is 27.7 Å². The molecule has 0 radical (unpaired) electrons. The molecule has 3 atom stereocenters. The van der Waals surface area contributed by atoms with Gasteiger partial charge in [-0.2, -0.15) is 4.98 Å². The number of sulfone groups is 1. The normalized spacial score (nSPS) is 24.1.